The van der Waals surface area contributed by atoms with Gasteiger partial charge in [-0.1, -0.05) is 24.3 Å². The van der Waals surface area contributed by atoms with Crippen molar-refractivity contribution >= 4 is 11.7 Å². The van der Waals surface area contributed by atoms with Crippen molar-refractivity contribution in [2.45, 2.75) is 5.92 Å². The molecule has 16 heavy (non-hydrogen) atoms. The number of anilines is 1. The van der Waals surface area contributed by atoms with Crippen molar-refractivity contribution < 1.29 is 9.53 Å². The minimum Gasteiger partial charge on any atom is -0.469 e. The molecule has 1 aliphatic heterocycles. The molecule has 0 amide bonds. The Bertz CT molecular complexity index is 414. The molecule has 3 nitrogen and oxygen atoms in total. The first-order chi connectivity index (χ1) is 7.77. The molecular weight excluding hydrogens is 202 g/mol. The highest BCUT2D eigenvalue weighted by Gasteiger charge is 2.32. The van der Waals surface area contributed by atoms with Gasteiger partial charge in [-0.2, -0.15) is 0 Å². The zero-order chi connectivity index (χ0) is 11.5. The number of rotatable bonds is 2. The number of nitrogens with one attached hydrogen (secondary N) is 1. The van der Waals surface area contributed by atoms with Crippen molar-refractivity contribution in [3.8, 4) is 0 Å². The summed E-state index contributed by atoms with van der Waals surface area (Å²) in [6, 6.07) is 7.98. The van der Waals surface area contributed by atoms with Crippen molar-refractivity contribution in [1.29, 1.82) is 0 Å². The number of hydrogen-bond donors (Lipinski definition) is 1. The number of benzene rings is 1. The predicted molar refractivity (Wildman–Crippen MR) is 63.4 cm³/mol. The molecule has 0 saturated heterocycles. The van der Waals surface area contributed by atoms with Gasteiger partial charge >= 0.3 is 5.97 Å². The van der Waals surface area contributed by atoms with Crippen LogP contribution in [0.25, 0.3) is 0 Å². The van der Waals surface area contributed by atoms with E-state index in [2.05, 4.69) is 11.9 Å². The van der Waals surface area contributed by atoms with E-state index in [1.807, 2.05) is 30.3 Å². The number of carbonyl (C=O) groups excluding carboxylic acids is 1. The molecule has 0 aliphatic carbocycles. The van der Waals surface area contributed by atoms with Gasteiger partial charge in [-0.05, 0) is 11.6 Å². The van der Waals surface area contributed by atoms with Gasteiger partial charge in [-0.3, -0.25) is 4.79 Å². The van der Waals surface area contributed by atoms with Gasteiger partial charge < -0.3 is 10.1 Å². The molecule has 1 aliphatic rings. The zero-order valence-electron chi connectivity index (χ0n) is 9.27. The van der Waals surface area contributed by atoms with Crippen LogP contribution in [0.5, 0.6) is 0 Å². The number of methoxy groups -OCH3 is 1. The molecule has 0 spiro atoms. The van der Waals surface area contributed by atoms with Crippen LogP contribution in [-0.2, 0) is 9.53 Å². The Morgan fingerprint density at radius 1 is 1.56 bits per heavy atom. The second-order valence-electron chi connectivity index (χ2n) is 3.86. The Morgan fingerprint density at radius 2 is 2.31 bits per heavy atom. The molecule has 0 fully saturated rings. The Labute approximate surface area is 95.1 Å². The molecule has 1 N–H and O–H groups in total. The normalized spacial score (nSPS) is 22.8. The van der Waals surface area contributed by atoms with Gasteiger partial charge in [0.15, 0.2) is 0 Å². The fourth-order valence-electron chi connectivity index (χ4n) is 2.18. The second-order valence-corrected chi connectivity index (χ2v) is 3.86. The van der Waals surface area contributed by atoms with E-state index < -0.39 is 0 Å². The molecule has 3 heteroatoms. The van der Waals surface area contributed by atoms with Gasteiger partial charge in [-0.15, -0.1) is 6.58 Å². The van der Waals surface area contributed by atoms with E-state index in [9.17, 15) is 4.79 Å². The number of allylic oxidation sites excluding steroid dienone is 1. The minimum atomic E-state index is -0.188. The van der Waals surface area contributed by atoms with E-state index in [0.29, 0.717) is 6.54 Å². The molecule has 0 saturated carbocycles. The summed E-state index contributed by atoms with van der Waals surface area (Å²) in [5.41, 5.74) is 2.19. The fourth-order valence-corrected chi connectivity index (χ4v) is 2.18. The molecule has 1 heterocycles. The Balaban J connectivity index is 2.37. The molecule has 2 atom stereocenters. The van der Waals surface area contributed by atoms with E-state index >= 15 is 0 Å². The molecule has 84 valence electrons. The van der Waals surface area contributed by atoms with Gasteiger partial charge in [0.25, 0.3) is 0 Å². The molecule has 1 aromatic carbocycles. The zero-order valence-corrected chi connectivity index (χ0v) is 9.27. The minimum absolute atomic E-state index is 0.0323. The summed E-state index contributed by atoms with van der Waals surface area (Å²) in [4.78, 5) is 11.6. The number of para-hydroxylation sites is 1. The average Bonchev–Trinajstić information content (AvgIpc) is 2.36. The summed E-state index contributed by atoms with van der Waals surface area (Å²) in [5.74, 6) is -0.339. The third-order valence-electron chi connectivity index (χ3n) is 3.02. The van der Waals surface area contributed by atoms with Crippen molar-refractivity contribution in [2.24, 2.45) is 5.92 Å². The third kappa shape index (κ3) is 1.69. The number of hydrogen-bond acceptors (Lipinski definition) is 3. The lowest BCUT2D eigenvalue weighted by atomic mass is 9.82. The molecule has 0 unspecified atom stereocenters. The molecule has 2 rings (SSSR count). The summed E-state index contributed by atoms with van der Waals surface area (Å²) >= 11 is 0. The maximum Gasteiger partial charge on any atom is 0.311 e. The van der Waals surface area contributed by atoms with Crippen LogP contribution >= 0.6 is 0 Å². The van der Waals surface area contributed by atoms with Gasteiger partial charge in [0.2, 0.25) is 0 Å². The monoisotopic (exact) mass is 217 g/mol. The number of ether oxygens (including phenoxy) is 1. The predicted octanol–water partition coefficient (Wildman–Crippen LogP) is 2.17. The highest BCUT2D eigenvalue weighted by atomic mass is 16.5. The maximum absolute atomic E-state index is 11.6. The summed E-state index contributed by atoms with van der Waals surface area (Å²) in [6.07, 6.45) is 1.82. The van der Waals surface area contributed by atoms with E-state index in [1.54, 1.807) is 0 Å². The average molecular weight is 217 g/mol. The maximum atomic E-state index is 11.6. The first kappa shape index (κ1) is 10.7. The van der Waals surface area contributed by atoms with Crippen molar-refractivity contribution in [3.05, 3.63) is 42.5 Å². The van der Waals surface area contributed by atoms with Crippen LogP contribution in [0.1, 0.15) is 11.5 Å². The van der Waals surface area contributed by atoms with Crippen LogP contribution in [-0.4, -0.2) is 19.6 Å². The first-order valence-corrected chi connectivity index (χ1v) is 5.31. The van der Waals surface area contributed by atoms with E-state index in [4.69, 9.17) is 4.74 Å². The molecule has 1 aromatic rings. The third-order valence-corrected chi connectivity index (χ3v) is 3.02. The van der Waals surface area contributed by atoms with Crippen molar-refractivity contribution in [1.82, 2.24) is 0 Å². The number of fused-ring (bicyclic) bond motifs is 1. The summed E-state index contributed by atoms with van der Waals surface area (Å²) in [6.45, 7) is 4.41. The fraction of sp³-hybridized carbons (Fsp3) is 0.308. The lowest BCUT2D eigenvalue weighted by Crippen LogP contribution is -2.33. The van der Waals surface area contributed by atoms with Gasteiger partial charge in [0.1, 0.15) is 0 Å². The standard InChI is InChI=1S/C13H15NO2/c1-3-9-10-6-4-5-7-12(10)14-8-11(9)13(15)16-2/h3-7,9,11,14H,1,8H2,2H3/t9-,11+/m0/s1. The second kappa shape index (κ2) is 4.39. The van der Waals surface area contributed by atoms with Crippen LogP contribution in [0.3, 0.4) is 0 Å². The first-order valence-electron chi connectivity index (χ1n) is 5.31. The van der Waals surface area contributed by atoms with E-state index in [1.165, 1.54) is 7.11 Å². The van der Waals surface area contributed by atoms with Crippen LogP contribution in [0, 0.1) is 5.92 Å². The highest BCUT2D eigenvalue weighted by Crippen LogP contribution is 2.36. The smallest absolute Gasteiger partial charge is 0.311 e. The van der Waals surface area contributed by atoms with Gasteiger partial charge in [0.05, 0.1) is 13.0 Å². The SMILES string of the molecule is C=C[C@H]1c2ccccc2NC[C@H]1C(=O)OC. The quantitative estimate of drug-likeness (QED) is 0.609. The topological polar surface area (TPSA) is 38.3 Å². The van der Waals surface area contributed by atoms with E-state index in [-0.39, 0.29) is 17.8 Å². The highest BCUT2D eigenvalue weighted by molar-refractivity contribution is 5.77. The van der Waals surface area contributed by atoms with Crippen LogP contribution in [0.15, 0.2) is 36.9 Å². The molecule has 0 bridgehead atoms. The lowest BCUT2D eigenvalue weighted by Gasteiger charge is -2.30. The molecule has 0 radical (unpaired) electrons. The lowest BCUT2D eigenvalue weighted by molar-refractivity contribution is -0.145. The van der Waals surface area contributed by atoms with Crippen LogP contribution in [0.4, 0.5) is 5.69 Å². The Kier molecular flexibility index (Phi) is 2.95. The van der Waals surface area contributed by atoms with Gasteiger partial charge in [-0.25, -0.2) is 0 Å². The Morgan fingerprint density at radius 3 is 3.00 bits per heavy atom. The molecular formula is C13H15NO2. The summed E-state index contributed by atoms with van der Waals surface area (Å²) < 4.78 is 4.81. The van der Waals surface area contributed by atoms with Crippen molar-refractivity contribution in [3.63, 3.8) is 0 Å². The summed E-state index contributed by atoms with van der Waals surface area (Å²) in [7, 11) is 1.42. The van der Waals surface area contributed by atoms with Crippen LogP contribution in [0.2, 0.25) is 0 Å². The number of carbonyl (C=O) groups is 1. The summed E-state index contributed by atoms with van der Waals surface area (Å²) in [5, 5.41) is 3.24. The van der Waals surface area contributed by atoms with Crippen molar-refractivity contribution in [2.75, 3.05) is 19.0 Å². The van der Waals surface area contributed by atoms with Gasteiger partial charge in [0, 0.05) is 18.2 Å². The number of esters is 1. The largest absolute Gasteiger partial charge is 0.469 e. The Hall–Kier alpha value is -1.77. The molecule has 0 aromatic heterocycles. The van der Waals surface area contributed by atoms with Crippen LogP contribution < -0.4 is 5.32 Å². The van der Waals surface area contributed by atoms with E-state index in [0.717, 1.165) is 11.3 Å².